The normalized spacial score (nSPS) is 13.8. The van der Waals surface area contributed by atoms with Crippen LogP contribution in [0.1, 0.15) is 24.1 Å². The van der Waals surface area contributed by atoms with Gasteiger partial charge in [-0.3, -0.25) is 0 Å². The predicted molar refractivity (Wildman–Crippen MR) is 79.5 cm³/mol. The summed E-state index contributed by atoms with van der Waals surface area (Å²) in [7, 11) is 1.91. The largest absolute Gasteiger partial charge is 0.488 e. The first-order chi connectivity index (χ1) is 9.61. The lowest BCUT2D eigenvalue weighted by atomic mass is 10.0. The summed E-state index contributed by atoms with van der Waals surface area (Å²) in [6.45, 7) is 3.86. The van der Waals surface area contributed by atoms with Crippen LogP contribution in [0.4, 0.5) is 4.39 Å². The summed E-state index contributed by atoms with van der Waals surface area (Å²) in [4.78, 5) is 0. The Labute approximate surface area is 119 Å². The third-order valence-corrected chi connectivity index (χ3v) is 3.39. The smallest absolute Gasteiger partial charge is 0.123 e. The molecule has 0 saturated heterocycles. The average Bonchev–Trinajstić information content (AvgIpc) is 2.44. The Kier molecular flexibility index (Phi) is 4.74. The zero-order valence-electron chi connectivity index (χ0n) is 12.1. The summed E-state index contributed by atoms with van der Waals surface area (Å²) < 4.78 is 19.1. The van der Waals surface area contributed by atoms with Crippen LogP contribution < -0.4 is 10.1 Å². The molecule has 0 radical (unpaired) electrons. The molecule has 0 heterocycles. The van der Waals surface area contributed by atoms with Crippen molar-refractivity contribution in [1.29, 1.82) is 0 Å². The minimum Gasteiger partial charge on any atom is -0.488 e. The first kappa shape index (κ1) is 14.5. The number of aryl methyl sites for hydroxylation is 1. The third kappa shape index (κ3) is 3.36. The van der Waals surface area contributed by atoms with E-state index in [1.807, 2.05) is 39.1 Å². The maximum absolute atomic E-state index is 13.1. The molecule has 2 aromatic carbocycles. The number of nitrogens with one attached hydrogen (secondary N) is 1. The molecule has 106 valence electrons. The highest BCUT2D eigenvalue weighted by Gasteiger charge is 2.19. The summed E-state index contributed by atoms with van der Waals surface area (Å²) in [6, 6.07) is 14.8. The van der Waals surface area contributed by atoms with Crippen LogP contribution in [-0.2, 0) is 0 Å². The first-order valence-electron chi connectivity index (χ1n) is 6.77. The summed E-state index contributed by atoms with van der Waals surface area (Å²) in [5.74, 6) is 0.478. The fourth-order valence-electron chi connectivity index (χ4n) is 2.35. The van der Waals surface area contributed by atoms with E-state index >= 15 is 0 Å². The van der Waals surface area contributed by atoms with Crippen molar-refractivity contribution in [3.05, 3.63) is 65.5 Å². The molecule has 20 heavy (non-hydrogen) atoms. The van der Waals surface area contributed by atoms with E-state index in [2.05, 4.69) is 17.4 Å². The number of hydrogen-bond donors (Lipinski definition) is 1. The van der Waals surface area contributed by atoms with Gasteiger partial charge in [0.25, 0.3) is 0 Å². The van der Waals surface area contributed by atoms with Gasteiger partial charge < -0.3 is 10.1 Å². The highest BCUT2D eigenvalue weighted by molar-refractivity contribution is 5.33. The number of benzene rings is 2. The molecule has 0 aliphatic carbocycles. The van der Waals surface area contributed by atoms with Crippen LogP contribution in [0.3, 0.4) is 0 Å². The molecule has 2 unspecified atom stereocenters. The summed E-state index contributed by atoms with van der Waals surface area (Å²) >= 11 is 0. The van der Waals surface area contributed by atoms with E-state index in [9.17, 15) is 4.39 Å². The summed E-state index contributed by atoms with van der Waals surface area (Å²) in [6.07, 6.45) is -0.0634. The van der Waals surface area contributed by atoms with Crippen molar-refractivity contribution >= 4 is 0 Å². The Hall–Kier alpha value is -1.87. The van der Waals surface area contributed by atoms with Crippen LogP contribution in [0.25, 0.3) is 0 Å². The van der Waals surface area contributed by atoms with Gasteiger partial charge in [0.05, 0.1) is 6.04 Å². The lowest BCUT2D eigenvalue weighted by molar-refractivity contribution is 0.174. The van der Waals surface area contributed by atoms with Crippen molar-refractivity contribution < 1.29 is 9.13 Å². The minimum absolute atomic E-state index is 0.0634. The molecule has 0 amide bonds. The minimum atomic E-state index is -0.240. The van der Waals surface area contributed by atoms with E-state index in [1.54, 1.807) is 6.07 Å². The van der Waals surface area contributed by atoms with E-state index in [-0.39, 0.29) is 18.0 Å². The standard InChI is InChI=1S/C17H20FNO/c1-12-11-15(18)9-10-16(12)20-13(2)17(19-3)14-7-5-4-6-8-14/h4-11,13,17,19H,1-3H3. The van der Waals surface area contributed by atoms with Crippen LogP contribution in [-0.4, -0.2) is 13.2 Å². The summed E-state index contributed by atoms with van der Waals surface area (Å²) in [5.41, 5.74) is 1.97. The predicted octanol–water partition coefficient (Wildman–Crippen LogP) is 3.86. The van der Waals surface area contributed by atoms with Gasteiger partial charge in [0.15, 0.2) is 0 Å². The quantitative estimate of drug-likeness (QED) is 0.893. The number of ether oxygens (including phenoxy) is 1. The zero-order valence-corrected chi connectivity index (χ0v) is 12.1. The van der Waals surface area contributed by atoms with Gasteiger partial charge in [0.1, 0.15) is 17.7 Å². The molecule has 3 heteroatoms. The Bertz CT molecular complexity index is 556. The molecule has 0 bridgehead atoms. The molecular weight excluding hydrogens is 253 g/mol. The van der Waals surface area contributed by atoms with Crippen LogP contribution in [0.15, 0.2) is 48.5 Å². The topological polar surface area (TPSA) is 21.3 Å². The number of hydrogen-bond acceptors (Lipinski definition) is 2. The summed E-state index contributed by atoms with van der Waals surface area (Å²) in [5, 5.41) is 3.27. The lowest BCUT2D eigenvalue weighted by Gasteiger charge is -2.25. The monoisotopic (exact) mass is 273 g/mol. The van der Waals surface area contributed by atoms with Gasteiger partial charge in [-0.2, -0.15) is 0 Å². The van der Waals surface area contributed by atoms with E-state index in [4.69, 9.17) is 4.74 Å². The average molecular weight is 273 g/mol. The molecule has 0 saturated carbocycles. The molecule has 1 N–H and O–H groups in total. The van der Waals surface area contributed by atoms with Gasteiger partial charge in [-0.05, 0) is 50.2 Å². The fourth-order valence-corrected chi connectivity index (χ4v) is 2.35. The second kappa shape index (κ2) is 6.53. The Morgan fingerprint density at radius 2 is 1.80 bits per heavy atom. The highest BCUT2D eigenvalue weighted by atomic mass is 19.1. The van der Waals surface area contributed by atoms with E-state index in [1.165, 1.54) is 17.7 Å². The van der Waals surface area contributed by atoms with Crippen molar-refractivity contribution in [1.82, 2.24) is 5.32 Å². The Morgan fingerprint density at radius 3 is 2.40 bits per heavy atom. The maximum Gasteiger partial charge on any atom is 0.123 e. The molecule has 2 nitrogen and oxygen atoms in total. The molecule has 0 aliphatic heterocycles. The van der Waals surface area contributed by atoms with Crippen LogP contribution >= 0.6 is 0 Å². The molecule has 2 atom stereocenters. The maximum atomic E-state index is 13.1. The van der Waals surface area contributed by atoms with E-state index in [0.29, 0.717) is 0 Å². The van der Waals surface area contributed by atoms with Crippen molar-refractivity contribution in [2.24, 2.45) is 0 Å². The molecule has 0 aliphatic rings. The third-order valence-electron chi connectivity index (χ3n) is 3.39. The van der Waals surface area contributed by atoms with Gasteiger partial charge in [0.2, 0.25) is 0 Å². The van der Waals surface area contributed by atoms with Crippen LogP contribution in [0.5, 0.6) is 5.75 Å². The number of rotatable bonds is 5. The molecule has 0 spiro atoms. The Balaban J connectivity index is 2.15. The molecule has 2 aromatic rings. The van der Waals surface area contributed by atoms with Crippen LogP contribution in [0, 0.1) is 12.7 Å². The van der Waals surface area contributed by atoms with Crippen LogP contribution in [0.2, 0.25) is 0 Å². The van der Waals surface area contributed by atoms with E-state index < -0.39 is 0 Å². The van der Waals surface area contributed by atoms with Gasteiger partial charge in [-0.15, -0.1) is 0 Å². The highest BCUT2D eigenvalue weighted by Crippen LogP contribution is 2.24. The molecule has 0 aromatic heterocycles. The second-order valence-electron chi connectivity index (χ2n) is 4.91. The molecule has 2 rings (SSSR count). The van der Waals surface area contributed by atoms with E-state index in [0.717, 1.165) is 11.3 Å². The fraction of sp³-hybridized carbons (Fsp3) is 0.294. The second-order valence-corrected chi connectivity index (χ2v) is 4.91. The first-order valence-corrected chi connectivity index (χ1v) is 6.77. The van der Waals surface area contributed by atoms with Crippen molar-refractivity contribution in [3.63, 3.8) is 0 Å². The number of likely N-dealkylation sites (N-methyl/N-ethyl adjacent to an activating group) is 1. The number of halogens is 1. The lowest BCUT2D eigenvalue weighted by Crippen LogP contribution is -2.31. The Morgan fingerprint density at radius 1 is 1.10 bits per heavy atom. The SMILES string of the molecule is CNC(c1ccccc1)C(C)Oc1ccc(F)cc1C. The molecule has 0 fully saturated rings. The zero-order chi connectivity index (χ0) is 14.5. The van der Waals surface area contributed by atoms with Gasteiger partial charge >= 0.3 is 0 Å². The van der Waals surface area contributed by atoms with Gasteiger partial charge in [-0.1, -0.05) is 30.3 Å². The van der Waals surface area contributed by atoms with Gasteiger partial charge in [0, 0.05) is 0 Å². The van der Waals surface area contributed by atoms with Gasteiger partial charge in [-0.25, -0.2) is 4.39 Å². The van der Waals surface area contributed by atoms with Crippen molar-refractivity contribution in [3.8, 4) is 5.75 Å². The molecular formula is C17H20FNO. The van der Waals surface area contributed by atoms with Crippen molar-refractivity contribution in [2.75, 3.05) is 7.05 Å². The van der Waals surface area contributed by atoms with Crippen molar-refractivity contribution in [2.45, 2.75) is 26.0 Å².